The van der Waals surface area contributed by atoms with Crippen LogP contribution in [0.15, 0.2) is 46.9 Å². The molecule has 0 bridgehead atoms. The molecule has 0 saturated carbocycles. The highest BCUT2D eigenvalue weighted by Gasteiger charge is 2.16. The van der Waals surface area contributed by atoms with E-state index in [1.54, 1.807) is 7.11 Å². The molecule has 112 valence electrons. The summed E-state index contributed by atoms with van der Waals surface area (Å²) in [5.41, 5.74) is 2.16. The van der Waals surface area contributed by atoms with E-state index in [0.717, 1.165) is 27.1 Å². The highest BCUT2D eigenvalue weighted by atomic mass is 79.9. The summed E-state index contributed by atoms with van der Waals surface area (Å²) in [4.78, 5) is 0. The van der Waals surface area contributed by atoms with Gasteiger partial charge in [0.2, 0.25) is 0 Å². The Bertz CT molecular complexity index is 601. The van der Waals surface area contributed by atoms with E-state index in [4.69, 9.17) is 9.47 Å². The maximum Gasteiger partial charge on any atom is 0.128 e. The van der Waals surface area contributed by atoms with Crippen molar-refractivity contribution in [3.63, 3.8) is 0 Å². The molecule has 0 radical (unpaired) electrons. The fourth-order valence-electron chi connectivity index (χ4n) is 2.19. The number of rotatable bonds is 6. The van der Waals surface area contributed by atoms with Crippen LogP contribution in [0, 0.1) is 0 Å². The van der Waals surface area contributed by atoms with Gasteiger partial charge in [-0.15, -0.1) is 0 Å². The third-order valence-electron chi connectivity index (χ3n) is 3.40. The molecule has 0 heterocycles. The van der Waals surface area contributed by atoms with Crippen LogP contribution in [-0.4, -0.2) is 14.2 Å². The van der Waals surface area contributed by atoms with Gasteiger partial charge in [-0.05, 0) is 43.8 Å². The van der Waals surface area contributed by atoms with Crippen LogP contribution >= 0.6 is 15.9 Å². The summed E-state index contributed by atoms with van der Waals surface area (Å²) in [6, 6.07) is 14.1. The fourth-order valence-corrected chi connectivity index (χ4v) is 2.63. The number of hydrogen-bond donors (Lipinski definition) is 1. The lowest BCUT2D eigenvalue weighted by molar-refractivity contribution is 0.296. The molecule has 0 saturated heterocycles. The van der Waals surface area contributed by atoms with Crippen molar-refractivity contribution >= 4 is 15.9 Å². The maximum absolute atomic E-state index is 6.00. The van der Waals surface area contributed by atoms with E-state index in [9.17, 15) is 0 Å². The predicted molar refractivity (Wildman–Crippen MR) is 88.9 cm³/mol. The molecule has 4 heteroatoms. The Morgan fingerprint density at radius 1 is 1.14 bits per heavy atom. The summed E-state index contributed by atoms with van der Waals surface area (Å²) in [6.45, 7) is 2.61. The lowest BCUT2D eigenvalue weighted by Crippen LogP contribution is -2.15. The molecular weight excluding hydrogens is 330 g/mol. The number of halogens is 1. The van der Waals surface area contributed by atoms with Crippen molar-refractivity contribution in [2.24, 2.45) is 0 Å². The molecule has 0 aliphatic carbocycles. The Morgan fingerprint density at radius 2 is 1.86 bits per heavy atom. The molecule has 0 amide bonds. The van der Waals surface area contributed by atoms with Gasteiger partial charge < -0.3 is 14.8 Å². The molecule has 0 spiro atoms. The first-order valence-electron chi connectivity index (χ1n) is 6.87. The van der Waals surface area contributed by atoms with Crippen molar-refractivity contribution in [3.05, 3.63) is 58.1 Å². The summed E-state index contributed by atoms with van der Waals surface area (Å²) < 4.78 is 12.5. The van der Waals surface area contributed by atoms with Gasteiger partial charge in [0.05, 0.1) is 12.7 Å². The van der Waals surface area contributed by atoms with Crippen molar-refractivity contribution in [1.29, 1.82) is 0 Å². The molecule has 0 fully saturated rings. The second-order valence-corrected chi connectivity index (χ2v) is 5.72. The standard InChI is InChI=1S/C17H20BrNO2/c1-12(19-2)17-15(20-3)8-5-9-16(17)21-11-13-6-4-7-14(18)10-13/h4-10,12,19H,11H2,1-3H3. The molecule has 1 atom stereocenters. The molecule has 1 N–H and O–H groups in total. The number of methoxy groups -OCH3 is 1. The first-order valence-corrected chi connectivity index (χ1v) is 7.66. The van der Waals surface area contributed by atoms with Crippen molar-refractivity contribution in [1.82, 2.24) is 5.32 Å². The predicted octanol–water partition coefficient (Wildman–Crippen LogP) is 4.32. The summed E-state index contributed by atoms with van der Waals surface area (Å²) in [6.07, 6.45) is 0. The molecule has 0 aromatic heterocycles. The Kier molecular flexibility index (Phi) is 5.65. The average Bonchev–Trinajstić information content (AvgIpc) is 2.51. The third kappa shape index (κ3) is 3.99. The van der Waals surface area contributed by atoms with Gasteiger partial charge in [-0.25, -0.2) is 0 Å². The Morgan fingerprint density at radius 3 is 2.52 bits per heavy atom. The molecule has 0 aliphatic rings. The zero-order valence-corrected chi connectivity index (χ0v) is 14.1. The van der Waals surface area contributed by atoms with Crippen LogP contribution in [0.5, 0.6) is 11.5 Å². The van der Waals surface area contributed by atoms with Gasteiger partial charge in [-0.1, -0.05) is 34.1 Å². The highest BCUT2D eigenvalue weighted by molar-refractivity contribution is 9.10. The summed E-state index contributed by atoms with van der Waals surface area (Å²) >= 11 is 3.47. The smallest absolute Gasteiger partial charge is 0.128 e. The Hall–Kier alpha value is -1.52. The van der Waals surface area contributed by atoms with Crippen molar-refractivity contribution in [2.75, 3.05) is 14.2 Å². The Labute approximate surface area is 134 Å². The van der Waals surface area contributed by atoms with Gasteiger partial charge in [0.25, 0.3) is 0 Å². The van der Waals surface area contributed by atoms with E-state index in [-0.39, 0.29) is 6.04 Å². The van der Waals surface area contributed by atoms with Gasteiger partial charge in [0.1, 0.15) is 18.1 Å². The minimum atomic E-state index is 0.152. The van der Waals surface area contributed by atoms with Crippen LogP contribution in [0.1, 0.15) is 24.1 Å². The second kappa shape index (κ2) is 7.48. The quantitative estimate of drug-likeness (QED) is 0.842. The van der Waals surface area contributed by atoms with E-state index in [1.165, 1.54) is 0 Å². The van der Waals surface area contributed by atoms with Gasteiger partial charge in [0, 0.05) is 10.5 Å². The molecule has 21 heavy (non-hydrogen) atoms. The molecule has 2 aromatic carbocycles. The van der Waals surface area contributed by atoms with Crippen molar-refractivity contribution in [2.45, 2.75) is 19.6 Å². The first-order chi connectivity index (χ1) is 10.2. The lowest BCUT2D eigenvalue weighted by atomic mass is 10.1. The zero-order chi connectivity index (χ0) is 15.2. The summed E-state index contributed by atoms with van der Waals surface area (Å²) in [7, 11) is 3.61. The molecule has 2 rings (SSSR count). The van der Waals surface area contributed by atoms with Gasteiger partial charge in [-0.3, -0.25) is 0 Å². The van der Waals surface area contributed by atoms with E-state index < -0.39 is 0 Å². The summed E-state index contributed by atoms with van der Waals surface area (Å²) in [5.74, 6) is 1.68. The number of ether oxygens (including phenoxy) is 2. The minimum Gasteiger partial charge on any atom is -0.496 e. The van der Waals surface area contributed by atoms with Gasteiger partial charge in [0.15, 0.2) is 0 Å². The van der Waals surface area contributed by atoms with Gasteiger partial charge in [-0.2, -0.15) is 0 Å². The Balaban J connectivity index is 2.23. The second-order valence-electron chi connectivity index (χ2n) is 4.80. The van der Waals surface area contributed by atoms with Crippen LogP contribution in [0.2, 0.25) is 0 Å². The van der Waals surface area contributed by atoms with Crippen molar-refractivity contribution in [3.8, 4) is 11.5 Å². The number of benzene rings is 2. The van der Waals surface area contributed by atoms with E-state index in [0.29, 0.717) is 6.61 Å². The zero-order valence-electron chi connectivity index (χ0n) is 12.5. The van der Waals surface area contributed by atoms with Crippen LogP contribution in [0.25, 0.3) is 0 Å². The fraction of sp³-hybridized carbons (Fsp3) is 0.294. The van der Waals surface area contributed by atoms with Gasteiger partial charge >= 0.3 is 0 Å². The summed E-state index contributed by atoms with van der Waals surface area (Å²) in [5, 5.41) is 3.24. The van der Waals surface area contributed by atoms with Crippen LogP contribution < -0.4 is 14.8 Å². The highest BCUT2D eigenvalue weighted by Crippen LogP contribution is 2.34. The number of hydrogen-bond acceptors (Lipinski definition) is 3. The number of nitrogens with one attached hydrogen (secondary N) is 1. The monoisotopic (exact) mass is 349 g/mol. The lowest BCUT2D eigenvalue weighted by Gasteiger charge is -2.19. The largest absolute Gasteiger partial charge is 0.496 e. The molecule has 2 aromatic rings. The van der Waals surface area contributed by atoms with E-state index >= 15 is 0 Å². The van der Waals surface area contributed by atoms with Crippen LogP contribution in [0.3, 0.4) is 0 Å². The maximum atomic E-state index is 6.00. The molecule has 0 aliphatic heterocycles. The topological polar surface area (TPSA) is 30.5 Å². The normalized spacial score (nSPS) is 12.0. The van der Waals surface area contributed by atoms with Crippen LogP contribution in [-0.2, 0) is 6.61 Å². The van der Waals surface area contributed by atoms with E-state index in [2.05, 4.69) is 34.2 Å². The van der Waals surface area contributed by atoms with Crippen LogP contribution in [0.4, 0.5) is 0 Å². The van der Waals surface area contributed by atoms with Crippen molar-refractivity contribution < 1.29 is 9.47 Å². The third-order valence-corrected chi connectivity index (χ3v) is 3.89. The average molecular weight is 350 g/mol. The first kappa shape index (κ1) is 15.9. The SMILES string of the molecule is CNC(C)c1c(OC)cccc1OCc1cccc(Br)c1. The molecular formula is C17H20BrNO2. The van der Waals surface area contributed by atoms with E-state index in [1.807, 2.05) is 43.4 Å². The molecule has 3 nitrogen and oxygen atoms in total. The molecule has 1 unspecified atom stereocenters. The minimum absolute atomic E-state index is 0.152.